The zero-order valence-corrected chi connectivity index (χ0v) is 19.6. The lowest BCUT2D eigenvalue weighted by Crippen LogP contribution is -1.94. The second-order valence-corrected chi connectivity index (χ2v) is 9.63. The Labute approximate surface area is 215 Å². The fourth-order valence-corrected chi connectivity index (χ4v) is 6.12. The Kier molecular flexibility index (Phi) is 3.05. The first-order valence-corrected chi connectivity index (χ1v) is 12.4. The molecule has 37 heavy (non-hydrogen) atoms. The smallest absolute Gasteiger partial charge is 0.137 e. The largest absolute Gasteiger partial charge is 0.456 e. The number of hydrogen-bond donors (Lipinski definition) is 1. The van der Waals surface area contributed by atoms with Crippen molar-refractivity contribution >= 4 is 76.3 Å². The minimum Gasteiger partial charge on any atom is -0.456 e. The molecule has 1 N–H and O–H groups in total. The molecule has 3 heterocycles. The normalized spacial score (nSPS) is 13.5. The second kappa shape index (κ2) is 6.80. The molecule has 3 heteroatoms. The number of hydrogen-bond acceptors (Lipinski definition) is 1. The van der Waals surface area contributed by atoms with Crippen molar-refractivity contribution in [1.82, 2.24) is 9.55 Å². The number of benzene rings is 6. The summed E-state index contributed by atoms with van der Waals surface area (Å²) in [5, 5.41) is 8.27. The van der Waals surface area contributed by atoms with Gasteiger partial charge in [0.2, 0.25) is 0 Å². The van der Waals surface area contributed by atoms with E-state index in [-0.39, 0.29) is 18.1 Å². The number of aromatic nitrogens is 2. The summed E-state index contributed by atoms with van der Waals surface area (Å²) in [4.78, 5) is 3.58. The van der Waals surface area contributed by atoms with Crippen molar-refractivity contribution in [2.75, 3.05) is 0 Å². The van der Waals surface area contributed by atoms with E-state index in [1.807, 2.05) is 36.4 Å². The summed E-state index contributed by atoms with van der Waals surface area (Å²) in [6.45, 7) is 0. The molecular formula is C34H20N2O. The fraction of sp³-hybridized carbons (Fsp3) is 0. The molecule has 0 aliphatic heterocycles. The molecule has 9 rings (SSSR count). The van der Waals surface area contributed by atoms with Crippen molar-refractivity contribution in [3.05, 3.63) is 115 Å². The molecule has 0 saturated carbocycles. The number of H-pyrrole nitrogens is 1. The molecule has 0 aliphatic rings. The molecule has 0 radical (unpaired) electrons. The third-order valence-corrected chi connectivity index (χ3v) is 7.69. The average Bonchev–Trinajstić information content (AvgIpc) is 3.65. The van der Waals surface area contributed by atoms with Crippen LogP contribution in [0.15, 0.2) is 120 Å². The van der Waals surface area contributed by atoms with E-state index in [0.29, 0.717) is 22.2 Å². The Morgan fingerprint density at radius 1 is 0.595 bits per heavy atom. The highest BCUT2D eigenvalue weighted by Crippen LogP contribution is 2.42. The van der Waals surface area contributed by atoms with Gasteiger partial charge in [-0.15, -0.1) is 0 Å². The Morgan fingerprint density at radius 3 is 2.35 bits per heavy atom. The van der Waals surface area contributed by atoms with E-state index in [1.54, 1.807) is 0 Å². The quantitative estimate of drug-likeness (QED) is 0.252. The molecule has 9 aromatic rings. The summed E-state index contributed by atoms with van der Waals surface area (Å²) in [5.74, 6) is 0. The predicted octanol–water partition coefficient (Wildman–Crippen LogP) is 9.47. The van der Waals surface area contributed by atoms with Gasteiger partial charge in [-0.2, -0.15) is 0 Å². The number of furan rings is 1. The fourth-order valence-electron chi connectivity index (χ4n) is 6.12. The van der Waals surface area contributed by atoms with Crippen LogP contribution in [0.2, 0.25) is 0 Å². The van der Waals surface area contributed by atoms with Crippen LogP contribution in [0.25, 0.3) is 82.0 Å². The first-order chi connectivity index (χ1) is 19.6. The monoisotopic (exact) mass is 475 g/mol. The Balaban J connectivity index is 1.58. The van der Waals surface area contributed by atoms with E-state index < -0.39 is 0 Å². The number of nitrogens with zero attached hydrogens (tertiary/aromatic N) is 1. The van der Waals surface area contributed by atoms with Crippen molar-refractivity contribution in [2.45, 2.75) is 0 Å². The van der Waals surface area contributed by atoms with Gasteiger partial charge in [-0.25, -0.2) is 0 Å². The number of aromatic amines is 1. The summed E-state index contributed by atoms with van der Waals surface area (Å²) < 4.78 is 34.9. The van der Waals surface area contributed by atoms with Crippen LogP contribution in [0.1, 0.15) is 4.11 Å². The maximum atomic E-state index is 9.19. The van der Waals surface area contributed by atoms with Gasteiger partial charge in [-0.05, 0) is 53.2 Å². The van der Waals surface area contributed by atoms with E-state index in [4.69, 9.17) is 7.16 Å². The number of nitrogens with one attached hydrogen (secondary N) is 1. The highest BCUT2D eigenvalue weighted by molar-refractivity contribution is 6.25. The van der Waals surface area contributed by atoms with E-state index in [1.165, 1.54) is 0 Å². The molecule has 0 unspecified atom stereocenters. The maximum absolute atomic E-state index is 9.19. The minimum absolute atomic E-state index is 0.00718. The molecule has 172 valence electrons. The molecule has 0 bridgehead atoms. The molecule has 0 fully saturated rings. The molecule has 3 aromatic heterocycles. The number of fused-ring (bicyclic) bond motifs is 11. The van der Waals surface area contributed by atoms with Crippen LogP contribution in [0.5, 0.6) is 0 Å². The van der Waals surface area contributed by atoms with Crippen LogP contribution in [0.4, 0.5) is 0 Å². The van der Waals surface area contributed by atoms with Crippen LogP contribution in [0, 0.1) is 0 Å². The van der Waals surface area contributed by atoms with Crippen molar-refractivity contribution < 1.29 is 8.53 Å². The summed E-state index contributed by atoms with van der Waals surface area (Å²) >= 11 is 0. The van der Waals surface area contributed by atoms with Gasteiger partial charge in [0, 0.05) is 38.0 Å². The summed E-state index contributed by atoms with van der Waals surface area (Å²) in [6.07, 6.45) is 0. The van der Waals surface area contributed by atoms with Gasteiger partial charge in [-0.1, -0.05) is 72.8 Å². The Bertz CT molecular complexity index is 2530. The first-order valence-electron chi connectivity index (χ1n) is 13.9. The molecule has 0 spiro atoms. The van der Waals surface area contributed by atoms with Crippen molar-refractivity contribution in [1.29, 1.82) is 0 Å². The predicted molar refractivity (Wildman–Crippen MR) is 155 cm³/mol. The molecule has 0 atom stereocenters. The van der Waals surface area contributed by atoms with E-state index in [0.717, 1.165) is 59.8 Å². The van der Waals surface area contributed by atoms with Gasteiger partial charge in [0.05, 0.1) is 26.2 Å². The van der Waals surface area contributed by atoms with Gasteiger partial charge in [-0.3, -0.25) is 0 Å². The molecule has 0 amide bonds. The lowest BCUT2D eigenvalue weighted by atomic mass is 10.0. The van der Waals surface area contributed by atoms with Crippen molar-refractivity contribution in [2.24, 2.45) is 0 Å². The first kappa shape index (κ1) is 16.6. The van der Waals surface area contributed by atoms with Gasteiger partial charge >= 0.3 is 0 Å². The molecular weight excluding hydrogens is 452 g/mol. The topological polar surface area (TPSA) is 33.9 Å². The zero-order valence-electron chi connectivity index (χ0n) is 22.6. The molecule has 6 aromatic carbocycles. The van der Waals surface area contributed by atoms with E-state index in [2.05, 4.69) is 70.2 Å². The standard InChI is InChI=1S/C34H20N2O/c1-2-9-21-20(8-1)16-17-29-33(21)25-18-24-22-10-3-5-12-26(22)35-27(24)19-30(25)36(29)28-13-7-15-32-34(28)23-11-4-6-14-31(23)37-32/h1-19,35H/i7D,13D,15D. The van der Waals surface area contributed by atoms with Gasteiger partial charge in [0.1, 0.15) is 11.2 Å². The zero-order chi connectivity index (χ0) is 26.7. The minimum atomic E-state index is -0.149. The van der Waals surface area contributed by atoms with E-state index in [9.17, 15) is 1.37 Å². The van der Waals surface area contributed by atoms with Crippen LogP contribution < -0.4 is 0 Å². The van der Waals surface area contributed by atoms with Gasteiger partial charge in [0.15, 0.2) is 0 Å². The van der Waals surface area contributed by atoms with Crippen LogP contribution in [0.3, 0.4) is 0 Å². The van der Waals surface area contributed by atoms with Crippen molar-refractivity contribution in [3.8, 4) is 5.69 Å². The SMILES string of the molecule is [2H]c1c([2H])c(-n2c3cc4[nH]c5ccccc5c4cc3c3c4ccccc4ccc32)c2c(oc3ccccc32)c1[2H]. The molecule has 3 nitrogen and oxygen atoms in total. The molecule has 0 aliphatic carbocycles. The third kappa shape index (κ3) is 2.45. The lowest BCUT2D eigenvalue weighted by molar-refractivity contribution is 0.669. The summed E-state index contributed by atoms with van der Waals surface area (Å²) in [5.41, 5.74) is 5.49. The lowest BCUT2D eigenvalue weighted by Gasteiger charge is -2.10. The van der Waals surface area contributed by atoms with Crippen LogP contribution >= 0.6 is 0 Å². The summed E-state index contributed by atoms with van der Waals surface area (Å²) in [7, 11) is 0. The average molecular weight is 476 g/mol. The highest BCUT2D eigenvalue weighted by atomic mass is 16.3. The third-order valence-electron chi connectivity index (χ3n) is 7.69. The Hall–Kier alpha value is -5.02. The van der Waals surface area contributed by atoms with Crippen LogP contribution in [-0.4, -0.2) is 9.55 Å². The summed E-state index contributed by atoms with van der Waals surface area (Å²) in [6, 6.07) is 32.8. The molecule has 0 saturated heterocycles. The highest BCUT2D eigenvalue weighted by Gasteiger charge is 2.20. The Morgan fingerprint density at radius 2 is 1.41 bits per heavy atom. The number of rotatable bonds is 1. The second-order valence-electron chi connectivity index (χ2n) is 9.63. The maximum Gasteiger partial charge on any atom is 0.137 e. The van der Waals surface area contributed by atoms with Gasteiger partial charge < -0.3 is 14.0 Å². The van der Waals surface area contributed by atoms with Crippen LogP contribution in [-0.2, 0) is 0 Å². The van der Waals surface area contributed by atoms with Crippen molar-refractivity contribution in [3.63, 3.8) is 0 Å². The van der Waals surface area contributed by atoms with Gasteiger partial charge in [0.25, 0.3) is 0 Å². The number of para-hydroxylation sites is 2. The van der Waals surface area contributed by atoms with E-state index >= 15 is 0 Å².